The Hall–Kier alpha value is -3.23. The third-order valence-corrected chi connectivity index (χ3v) is 3.38. The Labute approximate surface area is 150 Å². The van der Waals surface area contributed by atoms with Crippen molar-refractivity contribution in [3.63, 3.8) is 0 Å². The van der Waals surface area contributed by atoms with Gasteiger partial charge < -0.3 is 10.1 Å². The van der Waals surface area contributed by atoms with E-state index in [1.165, 1.54) is 19.1 Å². The van der Waals surface area contributed by atoms with Crippen molar-refractivity contribution in [1.82, 2.24) is 0 Å². The summed E-state index contributed by atoms with van der Waals surface area (Å²) in [6.07, 6.45) is -4.77. The number of hydrogen-bond donors (Lipinski definition) is 1. The number of rotatable bonds is 5. The zero-order valence-electron chi connectivity index (χ0n) is 13.9. The first-order valence-corrected chi connectivity index (χ1v) is 7.53. The summed E-state index contributed by atoms with van der Waals surface area (Å²) >= 11 is 0. The Morgan fingerprint density at radius 1 is 1.04 bits per heavy atom. The molecule has 142 valence electrons. The molecule has 27 heavy (non-hydrogen) atoms. The highest BCUT2D eigenvalue weighted by Gasteiger charge is 2.35. The molecule has 0 atom stereocenters. The molecule has 0 aromatic heterocycles. The number of halogens is 4. The van der Waals surface area contributed by atoms with Crippen LogP contribution in [0.4, 0.5) is 23.2 Å². The first-order chi connectivity index (χ1) is 12.6. The van der Waals surface area contributed by atoms with Crippen LogP contribution in [0.15, 0.2) is 42.5 Å². The van der Waals surface area contributed by atoms with Gasteiger partial charge in [0.05, 0.1) is 16.7 Å². The van der Waals surface area contributed by atoms with Crippen molar-refractivity contribution in [1.29, 1.82) is 0 Å². The van der Waals surface area contributed by atoms with Crippen LogP contribution in [0.3, 0.4) is 0 Å². The van der Waals surface area contributed by atoms with Crippen LogP contribution in [0.5, 0.6) is 0 Å². The van der Waals surface area contributed by atoms with Crippen LogP contribution < -0.4 is 5.32 Å². The predicted octanol–water partition coefficient (Wildman–Crippen LogP) is 3.84. The van der Waals surface area contributed by atoms with Crippen molar-refractivity contribution < 1.29 is 36.7 Å². The van der Waals surface area contributed by atoms with Gasteiger partial charge in [0.25, 0.3) is 0 Å². The van der Waals surface area contributed by atoms with Crippen LogP contribution in [-0.4, -0.2) is 24.3 Å². The molecule has 0 heterocycles. The van der Waals surface area contributed by atoms with Crippen LogP contribution in [0, 0.1) is 5.82 Å². The number of benzene rings is 2. The predicted molar refractivity (Wildman–Crippen MR) is 86.8 cm³/mol. The molecule has 9 heteroatoms. The summed E-state index contributed by atoms with van der Waals surface area (Å²) in [5, 5.41) is 2.32. The van der Waals surface area contributed by atoms with Crippen molar-refractivity contribution in [3.05, 3.63) is 65.0 Å². The third-order valence-electron chi connectivity index (χ3n) is 3.38. The van der Waals surface area contributed by atoms with Crippen molar-refractivity contribution in [2.75, 3.05) is 11.9 Å². The monoisotopic (exact) mass is 383 g/mol. The van der Waals surface area contributed by atoms with Crippen LogP contribution >= 0.6 is 0 Å². The van der Waals surface area contributed by atoms with Crippen molar-refractivity contribution in [3.8, 4) is 0 Å². The molecular weight excluding hydrogens is 370 g/mol. The number of anilines is 1. The number of nitrogens with one attached hydrogen (secondary N) is 1. The van der Waals surface area contributed by atoms with Gasteiger partial charge in [0, 0.05) is 12.6 Å². The number of carbonyl (C=O) groups is 3. The van der Waals surface area contributed by atoms with Gasteiger partial charge in [0.2, 0.25) is 11.7 Å². The standard InChI is InChI=1S/C18H13F4NO4/c1-10(24)23-11-6-7-13(15(19)8-11)16(25)9-27-17(26)12-4-2-3-5-14(12)18(20,21)22/h2-8H,9H2,1H3,(H,23,24). The highest BCUT2D eigenvalue weighted by molar-refractivity contribution is 6.00. The number of ketones is 1. The lowest BCUT2D eigenvalue weighted by molar-refractivity contribution is -0.138. The summed E-state index contributed by atoms with van der Waals surface area (Å²) in [7, 11) is 0. The summed E-state index contributed by atoms with van der Waals surface area (Å²) < 4.78 is 57.3. The Balaban J connectivity index is 2.10. The Morgan fingerprint density at radius 2 is 1.70 bits per heavy atom. The second-order valence-electron chi connectivity index (χ2n) is 5.42. The molecule has 0 fully saturated rings. The smallest absolute Gasteiger partial charge is 0.417 e. The maximum atomic E-state index is 14.0. The van der Waals surface area contributed by atoms with Crippen LogP contribution in [0.1, 0.15) is 33.2 Å². The quantitative estimate of drug-likeness (QED) is 0.484. The van der Waals surface area contributed by atoms with E-state index in [4.69, 9.17) is 0 Å². The number of alkyl halides is 3. The fourth-order valence-electron chi connectivity index (χ4n) is 2.22. The molecule has 0 aliphatic heterocycles. The highest BCUT2D eigenvalue weighted by atomic mass is 19.4. The molecule has 0 radical (unpaired) electrons. The topological polar surface area (TPSA) is 72.5 Å². The minimum atomic E-state index is -4.77. The van der Waals surface area contributed by atoms with E-state index in [0.29, 0.717) is 6.07 Å². The third kappa shape index (κ3) is 5.13. The molecule has 0 aliphatic rings. The summed E-state index contributed by atoms with van der Waals surface area (Å²) in [6, 6.07) is 7.18. The largest absolute Gasteiger partial charge is 0.454 e. The molecular formula is C18H13F4NO4. The number of ether oxygens (including phenoxy) is 1. The average molecular weight is 383 g/mol. The van der Waals surface area contributed by atoms with Gasteiger partial charge in [0.15, 0.2) is 6.61 Å². The van der Waals surface area contributed by atoms with E-state index >= 15 is 0 Å². The minimum absolute atomic E-state index is 0.118. The second-order valence-corrected chi connectivity index (χ2v) is 5.42. The van der Waals surface area contributed by atoms with Gasteiger partial charge in [-0.05, 0) is 30.3 Å². The van der Waals surface area contributed by atoms with E-state index in [1.807, 2.05) is 0 Å². The minimum Gasteiger partial charge on any atom is -0.454 e. The first-order valence-electron chi connectivity index (χ1n) is 7.53. The molecule has 5 nitrogen and oxygen atoms in total. The van der Waals surface area contributed by atoms with Crippen molar-refractivity contribution in [2.24, 2.45) is 0 Å². The van der Waals surface area contributed by atoms with Crippen LogP contribution in [0.2, 0.25) is 0 Å². The molecule has 0 spiro atoms. The molecule has 2 aromatic rings. The summed E-state index contributed by atoms with van der Waals surface area (Å²) in [6.45, 7) is 0.274. The maximum Gasteiger partial charge on any atom is 0.417 e. The summed E-state index contributed by atoms with van der Waals surface area (Å²) in [4.78, 5) is 34.8. The molecule has 2 rings (SSSR count). The molecule has 1 amide bonds. The number of hydrogen-bond acceptors (Lipinski definition) is 4. The zero-order valence-corrected chi connectivity index (χ0v) is 13.9. The van der Waals surface area contributed by atoms with E-state index in [9.17, 15) is 31.9 Å². The highest BCUT2D eigenvalue weighted by Crippen LogP contribution is 2.32. The summed E-state index contributed by atoms with van der Waals surface area (Å²) in [5.41, 5.74) is -2.26. The Morgan fingerprint density at radius 3 is 2.30 bits per heavy atom. The number of amides is 1. The Kier molecular flexibility index (Phi) is 5.94. The molecule has 0 aliphatic carbocycles. The van der Waals surface area contributed by atoms with Crippen molar-refractivity contribution in [2.45, 2.75) is 13.1 Å². The molecule has 0 saturated heterocycles. The van der Waals surface area contributed by atoms with E-state index in [1.54, 1.807) is 0 Å². The Bertz CT molecular complexity index is 893. The average Bonchev–Trinajstić information content (AvgIpc) is 2.58. The van der Waals surface area contributed by atoms with E-state index in [2.05, 4.69) is 10.1 Å². The fraction of sp³-hybridized carbons (Fsp3) is 0.167. The SMILES string of the molecule is CC(=O)Nc1ccc(C(=O)COC(=O)c2ccccc2C(F)(F)F)c(F)c1. The van der Waals surface area contributed by atoms with Gasteiger partial charge in [-0.25, -0.2) is 9.18 Å². The van der Waals surface area contributed by atoms with Gasteiger partial charge in [-0.1, -0.05) is 12.1 Å². The van der Waals surface area contributed by atoms with Gasteiger partial charge in [-0.2, -0.15) is 13.2 Å². The first kappa shape index (κ1) is 20.1. The van der Waals surface area contributed by atoms with E-state index < -0.39 is 53.0 Å². The van der Waals surface area contributed by atoms with Crippen LogP contribution in [-0.2, 0) is 15.7 Å². The molecule has 1 N–H and O–H groups in total. The van der Waals surface area contributed by atoms with Gasteiger partial charge in [0.1, 0.15) is 5.82 Å². The number of esters is 1. The molecule has 0 saturated carbocycles. The number of carbonyl (C=O) groups excluding carboxylic acids is 3. The van der Waals surface area contributed by atoms with Crippen molar-refractivity contribution >= 4 is 23.3 Å². The van der Waals surface area contributed by atoms with Gasteiger partial charge in [-0.3, -0.25) is 9.59 Å². The fourth-order valence-corrected chi connectivity index (χ4v) is 2.22. The lowest BCUT2D eigenvalue weighted by Gasteiger charge is -2.12. The molecule has 2 aromatic carbocycles. The lowest BCUT2D eigenvalue weighted by atomic mass is 10.1. The van der Waals surface area contributed by atoms with Gasteiger partial charge >= 0.3 is 12.1 Å². The summed E-state index contributed by atoms with van der Waals surface area (Å²) in [5.74, 6) is -3.71. The van der Waals surface area contributed by atoms with E-state index in [-0.39, 0.29) is 5.69 Å². The zero-order chi connectivity index (χ0) is 20.2. The molecule has 0 unspecified atom stereocenters. The number of Topliss-reactive ketones (excluding diaryl/α,β-unsaturated/α-hetero) is 1. The second kappa shape index (κ2) is 7.98. The maximum absolute atomic E-state index is 14.0. The van der Waals surface area contributed by atoms with Crippen LogP contribution in [0.25, 0.3) is 0 Å². The van der Waals surface area contributed by atoms with E-state index in [0.717, 1.165) is 24.3 Å². The lowest BCUT2D eigenvalue weighted by Crippen LogP contribution is -2.19. The van der Waals surface area contributed by atoms with Gasteiger partial charge in [-0.15, -0.1) is 0 Å². The normalized spacial score (nSPS) is 11.0. The molecule has 0 bridgehead atoms.